The number of hydrogen-bond acceptors (Lipinski definition) is 5. The van der Waals surface area contributed by atoms with Gasteiger partial charge in [-0.25, -0.2) is 0 Å². The van der Waals surface area contributed by atoms with Crippen LogP contribution < -0.4 is 4.74 Å². The van der Waals surface area contributed by atoms with Crippen LogP contribution >= 0.6 is 0 Å². The van der Waals surface area contributed by atoms with Crippen LogP contribution in [-0.2, 0) is 22.7 Å². The van der Waals surface area contributed by atoms with E-state index in [1.165, 1.54) is 4.90 Å². The van der Waals surface area contributed by atoms with Crippen LogP contribution in [0.2, 0.25) is 0 Å². The molecule has 2 aromatic carbocycles. The first kappa shape index (κ1) is 22.3. The Morgan fingerprint density at radius 2 is 1.55 bits per heavy atom. The number of likely N-dealkylation sites (N-methyl/N-ethyl adjacent to an activating group) is 1. The van der Waals surface area contributed by atoms with Crippen LogP contribution in [0.4, 0.5) is 0 Å². The number of nitrogens with zero attached hydrogens (tertiary/aromatic N) is 3. The normalized spacial score (nSPS) is 13.6. The van der Waals surface area contributed by atoms with E-state index in [0.29, 0.717) is 36.5 Å². The van der Waals surface area contributed by atoms with Crippen LogP contribution in [0.5, 0.6) is 5.75 Å². The van der Waals surface area contributed by atoms with Gasteiger partial charge in [-0.3, -0.25) is 19.5 Å². The fourth-order valence-corrected chi connectivity index (χ4v) is 3.97. The SMILES string of the molecule is CCOc1ccc(C2=C(N(CC)Cc3ccccc3)C(=O)N(Cc3ccncc3)C2=O)cc1. The van der Waals surface area contributed by atoms with Crippen LogP contribution in [0.1, 0.15) is 30.5 Å². The first-order valence-electron chi connectivity index (χ1n) is 11.1. The summed E-state index contributed by atoms with van der Waals surface area (Å²) in [6.07, 6.45) is 3.33. The molecule has 1 aliphatic heterocycles. The molecule has 0 unspecified atom stereocenters. The van der Waals surface area contributed by atoms with Crippen LogP contribution in [-0.4, -0.2) is 39.7 Å². The van der Waals surface area contributed by atoms with Gasteiger partial charge in [0.05, 0.1) is 18.7 Å². The van der Waals surface area contributed by atoms with E-state index in [0.717, 1.165) is 16.9 Å². The number of carbonyl (C=O) groups is 2. The largest absolute Gasteiger partial charge is 0.494 e. The lowest BCUT2D eigenvalue weighted by Gasteiger charge is -2.25. The summed E-state index contributed by atoms with van der Waals surface area (Å²) in [5.74, 6) is 0.159. The first-order valence-corrected chi connectivity index (χ1v) is 11.1. The third-order valence-electron chi connectivity index (χ3n) is 5.60. The van der Waals surface area contributed by atoms with Gasteiger partial charge in [0.1, 0.15) is 11.4 Å². The predicted molar refractivity (Wildman–Crippen MR) is 127 cm³/mol. The Labute approximate surface area is 194 Å². The second-order valence-corrected chi connectivity index (χ2v) is 7.73. The molecule has 1 aliphatic rings. The van der Waals surface area contributed by atoms with Crippen molar-refractivity contribution in [2.24, 2.45) is 0 Å². The Kier molecular flexibility index (Phi) is 6.83. The zero-order valence-corrected chi connectivity index (χ0v) is 18.9. The number of ether oxygens (including phenoxy) is 1. The monoisotopic (exact) mass is 441 g/mol. The summed E-state index contributed by atoms with van der Waals surface area (Å²) in [5.41, 5.74) is 3.49. The highest BCUT2D eigenvalue weighted by Crippen LogP contribution is 2.34. The van der Waals surface area contributed by atoms with Crippen molar-refractivity contribution in [3.8, 4) is 5.75 Å². The lowest BCUT2D eigenvalue weighted by molar-refractivity contribution is -0.138. The van der Waals surface area contributed by atoms with E-state index in [1.54, 1.807) is 12.4 Å². The Bertz CT molecular complexity index is 1140. The highest BCUT2D eigenvalue weighted by molar-refractivity contribution is 6.35. The summed E-state index contributed by atoms with van der Waals surface area (Å²) in [7, 11) is 0. The minimum atomic E-state index is -0.289. The van der Waals surface area contributed by atoms with E-state index in [-0.39, 0.29) is 18.4 Å². The van der Waals surface area contributed by atoms with Crippen LogP contribution in [0.25, 0.3) is 5.57 Å². The molecular formula is C27H27N3O3. The van der Waals surface area contributed by atoms with Crippen molar-refractivity contribution in [2.45, 2.75) is 26.9 Å². The lowest BCUT2D eigenvalue weighted by atomic mass is 10.0. The molecule has 0 fully saturated rings. The molecule has 4 rings (SSSR count). The van der Waals surface area contributed by atoms with Crippen molar-refractivity contribution in [2.75, 3.05) is 13.2 Å². The molecule has 1 aromatic heterocycles. The van der Waals surface area contributed by atoms with E-state index >= 15 is 0 Å². The van der Waals surface area contributed by atoms with Gasteiger partial charge in [-0.2, -0.15) is 0 Å². The zero-order chi connectivity index (χ0) is 23.2. The van der Waals surface area contributed by atoms with Crippen molar-refractivity contribution in [3.63, 3.8) is 0 Å². The van der Waals surface area contributed by atoms with Gasteiger partial charge in [-0.1, -0.05) is 42.5 Å². The highest BCUT2D eigenvalue weighted by atomic mass is 16.5. The molecule has 2 heterocycles. The Morgan fingerprint density at radius 3 is 2.18 bits per heavy atom. The van der Waals surface area contributed by atoms with Crippen LogP contribution in [0, 0.1) is 0 Å². The maximum absolute atomic E-state index is 13.6. The Hall–Kier alpha value is -3.93. The fourth-order valence-electron chi connectivity index (χ4n) is 3.97. The Balaban J connectivity index is 1.74. The molecule has 0 bridgehead atoms. The summed E-state index contributed by atoms with van der Waals surface area (Å²) in [6, 6.07) is 20.9. The lowest BCUT2D eigenvalue weighted by Crippen LogP contribution is -2.34. The van der Waals surface area contributed by atoms with E-state index in [1.807, 2.05) is 85.5 Å². The maximum atomic E-state index is 13.6. The minimum Gasteiger partial charge on any atom is -0.494 e. The summed E-state index contributed by atoms with van der Waals surface area (Å²) >= 11 is 0. The van der Waals surface area contributed by atoms with Crippen LogP contribution in [0.15, 0.2) is 84.8 Å². The van der Waals surface area contributed by atoms with Crippen molar-refractivity contribution >= 4 is 17.4 Å². The van der Waals surface area contributed by atoms with Gasteiger partial charge < -0.3 is 9.64 Å². The number of pyridine rings is 1. The molecule has 168 valence electrons. The molecule has 0 radical (unpaired) electrons. The highest BCUT2D eigenvalue weighted by Gasteiger charge is 2.41. The molecule has 0 N–H and O–H groups in total. The summed E-state index contributed by atoms with van der Waals surface area (Å²) in [6.45, 7) is 5.81. The molecule has 6 nitrogen and oxygen atoms in total. The van der Waals surface area contributed by atoms with Crippen molar-refractivity contribution in [1.29, 1.82) is 0 Å². The Morgan fingerprint density at radius 1 is 0.848 bits per heavy atom. The average Bonchev–Trinajstić information content (AvgIpc) is 3.09. The van der Waals surface area contributed by atoms with E-state index in [4.69, 9.17) is 4.74 Å². The van der Waals surface area contributed by atoms with Gasteiger partial charge in [0.2, 0.25) is 0 Å². The average molecular weight is 442 g/mol. The predicted octanol–water partition coefficient (Wildman–Crippen LogP) is 4.28. The second kappa shape index (κ2) is 10.1. The number of imide groups is 1. The third kappa shape index (κ3) is 4.80. The number of hydrogen-bond donors (Lipinski definition) is 0. The van der Waals surface area contributed by atoms with Gasteiger partial charge in [0.25, 0.3) is 11.8 Å². The molecule has 0 aliphatic carbocycles. The maximum Gasteiger partial charge on any atom is 0.278 e. The van der Waals surface area contributed by atoms with Crippen LogP contribution in [0.3, 0.4) is 0 Å². The van der Waals surface area contributed by atoms with Gasteiger partial charge in [0, 0.05) is 25.5 Å². The molecule has 33 heavy (non-hydrogen) atoms. The van der Waals surface area contributed by atoms with Gasteiger partial charge in [0.15, 0.2) is 0 Å². The van der Waals surface area contributed by atoms with Gasteiger partial charge in [-0.15, -0.1) is 0 Å². The summed E-state index contributed by atoms with van der Waals surface area (Å²) in [4.78, 5) is 34.5. The molecule has 0 saturated carbocycles. The molecule has 0 atom stereocenters. The molecule has 0 spiro atoms. The minimum absolute atomic E-state index is 0.201. The van der Waals surface area contributed by atoms with Gasteiger partial charge >= 0.3 is 0 Å². The summed E-state index contributed by atoms with van der Waals surface area (Å²) in [5, 5.41) is 0. The number of benzene rings is 2. The zero-order valence-electron chi connectivity index (χ0n) is 18.9. The first-order chi connectivity index (χ1) is 16.1. The molecule has 6 heteroatoms. The topological polar surface area (TPSA) is 62.7 Å². The summed E-state index contributed by atoms with van der Waals surface area (Å²) < 4.78 is 5.55. The van der Waals surface area contributed by atoms with E-state index < -0.39 is 0 Å². The molecule has 0 saturated heterocycles. The number of rotatable bonds is 9. The van der Waals surface area contributed by atoms with E-state index in [2.05, 4.69) is 4.98 Å². The molecule has 2 amide bonds. The third-order valence-corrected chi connectivity index (χ3v) is 5.60. The quantitative estimate of drug-likeness (QED) is 0.464. The molecular weight excluding hydrogens is 414 g/mol. The van der Waals surface area contributed by atoms with E-state index in [9.17, 15) is 9.59 Å². The number of carbonyl (C=O) groups excluding carboxylic acids is 2. The smallest absolute Gasteiger partial charge is 0.278 e. The van der Waals surface area contributed by atoms with Crippen molar-refractivity contribution in [1.82, 2.24) is 14.8 Å². The number of amides is 2. The van der Waals surface area contributed by atoms with Crippen molar-refractivity contribution < 1.29 is 14.3 Å². The second-order valence-electron chi connectivity index (χ2n) is 7.73. The van der Waals surface area contributed by atoms with Gasteiger partial charge in [-0.05, 0) is 54.8 Å². The molecule has 3 aromatic rings. The fraction of sp³-hybridized carbons (Fsp3) is 0.222. The standard InChI is InChI=1S/C27H27N3O3/c1-3-29(18-20-8-6-5-7-9-20)25-24(22-10-12-23(13-11-22)33-4-2)26(31)30(27(25)32)19-21-14-16-28-17-15-21/h5-17H,3-4,18-19H2,1-2H3. The number of aromatic nitrogens is 1. The van der Waals surface area contributed by atoms with Crippen molar-refractivity contribution in [3.05, 3.63) is 102 Å².